The summed E-state index contributed by atoms with van der Waals surface area (Å²) in [5, 5.41) is 0.835. The van der Waals surface area contributed by atoms with Crippen LogP contribution in [0.2, 0.25) is 0 Å². The van der Waals surface area contributed by atoms with Crippen LogP contribution >= 0.6 is 19.8 Å². The Kier molecular flexibility index (Phi) is 5.83. The first-order valence-corrected chi connectivity index (χ1v) is 10.4. The van der Waals surface area contributed by atoms with E-state index in [-0.39, 0.29) is 0 Å². The van der Waals surface area contributed by atoms with Gasteiger partial charge in [0.1, 0.15) is 0 Å². The van der Waals surface area contributed by atoms with Crippen molar-refractivity contribution in [1.82, 2.24) is 0 Å². The van der Waals surface area contributed by atoms with Gasteiger partial charge in [-0.25, -0.2) is 0 Å². The van der Waals surface area contributed by atoms with Gasteiger partial charge in [0.15, 0.2) is 0 Å². The Morgan fingerprint density at radius 1 is 0.615 bits per heavy atom. The van der Waals surface area contributed by atoms with Crippen molar-refractivity contribution in [1.29, 1.82) is 0 Å². The fraction of sp³-hybridized carbons (Fsp3) is 0.143. The summed E-state index contributed by atoms with van der Waals surface area (Å²) in [6.07, 6.45) is 0. The first kappa shape index (κ1) is 18.7. The van der Waals surface area contributed by atoms with E-state index >= 15 is 0 Å². The van der Waals surface area contributed by atoms with Crippen LogP contribution in [0.3, 0.4) is 0 Å². The quantitative estimate of drug-likeness (QED) is 0.480. The number of para-hydroxylation sites is 2. The number of halogens is 1. The van der Waals surface area contributed by atoms with E-state index < -0.39 is 7.94 Å². The summed E-state index contributed by atoms with van der Waals surface area (Å²) in [4.78, 5) is 0. The molecule has 0 aliphatic heterocycles. The van der Waals surface area contributed by atoms with Crippen molar-refractivity contribution in [2.75, 3.05) is 0 Å². The average molecular weight is 389 g/mol. The molecule has 3 rings (SSSR count). The summed E-state index contributed by atoms with van der Waals surface area (Å²) < 4.78 is 18.2. The van der Waals surface area contributed by atoms with E-state index in [0.717, 1.165) is 22.0 Å². The molecule has 0 spiro atoms. The third kappa shape index (κ3) is 3.86. The van der Waals surface area contributed by atoms with Gasteiger partial charge in [0, 0.05) is 0 Å². The van der Waals surface area contributed by atoms with Gasteiger partial charge in [-0.1, -0.05) is 0 Å². The maximum absolute atomic E-state index is 6.37. The Bertz CT molecular complexity index is 850. The molecule has 0 bridgehead atoms. The molecule has 26 heavy (non-hydrogen) atoms. The van der Waals surface area contributed by atoms with Crippen molar-refractivity contribution >= 4 is 25.1 Å². The number of hydrogen-bond donors (Lipinski definition) is 0. The van der Waals surface area contributed by atoms with Gasteiger partial charge in [0.05, 0.1) is 0 Å². The zero-order valence-corrected chi connectivity index (χ0v) is 16.8. The zero-order valence-electron chi connectivity index (χ0n) is 15.0. The molecule has 3 aromatic carbocycles. The second kappa shape index (κ2) is 8.09. The topological polar surface area (TPSA) is 27.7 Å². The number of benzene rings is 3. The van der Waals surface area contributed by atoms with Gasteiger partial charge in [0.25, 0.3) is 0 Å². The number of rotatable bonds is 6. The predicted molar refractivity (Wildman–Crippen MR) is 110 cm³/mol. The van der Waals surface area contributed by atoms with Gasteiger partial charge in [-0.2, -0.15) is 0 Å². The van der Waals surface area contributed by atoms with E-state index in [1.54, 1.807) is 0 Å². The van der Waals surface area contributed by atoms with Crippen molar-refractivity contribution in [3.63, 3.8) is 0 Å². The van der Waals surface area contributed by atoms with Gasteiger partial charge >= 0.3 is 160 Å². The van der Waals surface area contributed by atoms with Crippen molar-refractivity contribution in [3.05, 3.63) is 89.5 Å². The van der Waals surface area contributed by atoms with E-state index in [4.69, 9.17) is 25.0 Å². The van der Waals surface area contributed by atoms with E-state index in [0.29, 0.717) is 11.5 Å². The molecule has 0 amide bonds. The van der Waals surface area contributed by atoms with Crippen LogP contribution in [0, 0.1) is 20.8 Å². The number of aryl methyl sites for hydroxylation is 3. The van der Waals surface area contributed by atoms with Crippen molar-refractivity contribution in [2.45, 2.75) is 20.8 Å². The zero-order chi connectivity index (χ0) is 18.6. The third-order valence-electron chi connectivity index (χ3n) is 4.25. The van der Waals surface area contributed by atoms with Crippen LogP contribution in [0.5, 0.6) is 11.5 Å². The van der Waals surface area contributed by atoms with E-state index in [9.17, 15) is 0 Å². The molecule has 0 saturated carbocycles. The Labute approximate surface area is 160 Å². The molecule has 0 aliphatic rings. The Morgan fingerprint density at radius 3 is 1.46 bits per heavy atom. The van der Waals surface area contributed by atoms with Gasteiger partial charge in [-0.05, 0) is 0 Å². The number of hydrogen-bond acceptors (Lipinski definition) is 3. The van der Waals surface area contributed by atoms with Gasteiger partial charge in [-0.3, -0.25) is 0 Å². The van der Waals surface area contributed by atoms with Gasteiger partial charge in [0.2, 0.25) is 0 Å². The van der Waals surface area contributed by atoms with Crippen LogP contribution in [0.1, 0.15) is 16.7 Å². The average Bonchev–Trinajstić information content (AvgIpc) is 2.65. The van der Waals surface area contributed by atoms with Crippen molar-refractivity contribution in [3.8, 4) is 11.5 Å². The summed E-state index contributed by atoms with van der Waals surface area (Å²) in [5.41, 5.74) is 2.97. The van der Waals surface area contributed by atoms with Crippen LogP contribution in [0.15, 0.2) is 72.8 Å². The molecular weight excluding hydrogens is 367 g/mol. The van der Waals surface area contributed by atoms with Gasteiger partial charge < -0.3 is 0 Å². The summed E-state index contributed by atoms with van der Waals surface area (Å²) in [6.45, 7) is 5.96. The molecule has 0 heterocycles. The third-order valence-corrected chi connectivity index (χ3v) is 7.26. The summed E-state index contributed by atoms with van der Waals surface area (Å²) in [6, 6.07) is 23.3. The molecule has 5 heteroatoms. The van der Waals surface area contributed by atoms with Crippen LogP contribution in [0.25, 0.3) is 0 Å². The standard InChI is InChI=1S/C21H22ClO3P/c1-16-10-4-7-13-19(16)23-26(25-22,21-15-9-6-12-18(21)3)24-20-14-8-5-11-17(20)2/h4-15,26H,1-3H3. The molecule has 3 nitrogen and oxygen atoms in total. The second-order valence-corrected chi connectivity index (χ2v) is 8.86. The Balaban J connectivity index is 2.12. The molecule has 0 radical (unpaired) electrons. The van der Waals surface area contributed by atoms with Crippen molar-refractivity contribution < 1.29 is 13.1 Å². The normalized spacial score (nSPS) is 11.8. The van der Waals surface area contributed by atoms with Crippen LogP contribution < -0.4 is 14.4 Å². The van der Waals surface area contributed by atoms with E-state index in [2.05, 4.69) is 0 Å². The molecular formula is C21H22ClO3P. The summed E-state index contributed by atoms with van der Waals surface area (Å²) in [7, 11) is -3.47. The van der Waals surface area contributed by atoms with Gasteiger partial charge in [-0.15, -0.1) is 0 Å². The first-order valence-electron chi connectivity index (χ1n) is 8.41. The SMILES string of the molecule is Cc1ccccc1O[PH](OCl)(Oc1ccccc1C)c1ccccc1C. The minimum absolute atomic E-state index is 0.691. The van der Waals surface area contributed by atoms with Crippen LogP contribution in [0.4, 0.5) is 0 Å². The molecule has 0 N–H and O–H groups in total. The molecule has 0 aliphatic carbocycles. The maximum atomic E-state index is 6.37. The second-order valence-electron chi connectivity index (χ2n) is 6.18. The summed E-state index contributed by atoms with van der Waals surface area (Å²) in [5.74, 6) is 1.38. The predicted octanol–water partition coefficient (Wildman–Crippen LogP) is 6.06. The molecule has 0 atom stereocenters. The Morgan fingerprint density at radius 2 is 1.04 bits per heavy atom. The molecule has 0 saturated heterocycles. The first-order chi connectivity index (χ1) is 12.6. The van der Waals surface area contributed by atoms with Crippen LogP contribution in [-0.2, 0) is 4.08 Å². The Hall–Kier alpha value is -2.06. The fourth-order valence-electron chi connectivity index (χ4n) is 2.75. The molecule has 0 fully saturated rings. The molecule has 3 aromatic rings. The van der Waals surface area contributed by atoms with Crippen molar-refractivity contribution in [2.24, 2.45) is 0 Å². The molecule has 136 valence electrons. The fourth-order valence-corrected chi connectivity index (χ4v) is 5.50. The molecule has 0 unspecified atom stereocenters. The summed E-state index contributed by atoms with van der Waals surface area (Å²) >= 11 is 6.05. The molecule has 0 aromatic heterocycles. The minimum atomic E-state index is -3.47. The van der Waals surface area contributed by atoms with E-state index in [1.165, 1.54) is 0 Å². The van der Waals surface area contributed by atoms with E-state index in [1.807, 2.05) is 93.6 Å². The monoisotopic (exact) mass is 388 g/mol. The van der Waals surface area contributed by atoms with Crippen LogP contribution in [-0.4, -0.2) is 0 Å².